The number of hydrogen-bond donors (Lipinski definition) is 1. The molecule has 1 saturated carbocycles. The molecule has 0 spiro atoms. The summed E-state index contributed by atoms with van der Waals surface area (Å²) in [6, 6.07) is 14.4. The van der Waals surface area contributed by atoms with E-state index in [-0.39, 0.29) is 30.2 Å². The number of nitrogens with zero attached hydrogens (tertiary/aromatic N) is 3. The lowest BCUT2D eigenvalue weighted by Gasteiger charge is -2.14. The van der Waals surface area contributed by atoms with Gasteiger partial charge in [-0.05, 0) is 61.7 Å². The lowest BCUT2D eigenvalue weighted by Crippen LogP contribution is -2.34. The van der Waals surface area contributed by atoms with Crippen molar-refractivity contribution in [2.45, 2.75) is 38.4 Å². The molecule has 1 N–H and O–H groups in total. The molecule has 1 amide bonds. The summed E-state index contributed by atoms with van der Waals surface area (Å²) in [5, 5.41) is 8.56. The predicted molar refractivity (Wildman–Crippen MR) is 113 cm³/mol. The summed E-state index contributed by atoms with van der Waals surface area (Å²) < 4.78 is 2.90. The van der Waals surface area contributed by atoms with Crippen LogP contribution in [0.3, 0.4) is 0 Å². The van der Waals surface area contributed by atoms with Crippen molar-refractivity contribution in [2.24, 2.45) is 0 Å². The Hall–Kier alpha value is -2.57. The van der Waals surface area contributed by atoms with E-state index >= 15 is 0 Å². The third-order valence-electron chi connectivity index (χ3n) is 4.90. The number of amides is 1. The highest BCUT2D eigenvalue weighted by molar-refractivity contribution is 6.30. The largest absolute Gasteiger partial charge is 0.348 e. The van der Waals surface area contributed by atoms with Gasteiger partial charge in [-0.15, -0.1) is 5.10 Å². The minimum absolute atomic E-state index is 0.135. The molecule has 4 rings (SSSR count). The van der Waals surface area contributed by atoms with Crippen LogP contribution in [0.1, 0.15) is 37.4 Å². The molecule has 1 aliphatic carbocycles. The molecule has 1 aliphatic rings. The molecule has 8 heteroatoms. The maximum Gasteiger partial charge on any atom is 0.346 e. The number of nitrogens with one attached hydrogen (secondary N) is 1. The van der Waals surface area contributed by atoms with Crippen LogP contribution in [0.25, 0.3) is 11.4 Å². The zero-order valence-electron chi connectivity index (χ0n) is 15.8. The van der Waals surface area contributed by atoms with Gasteiger partial charge in [-0.25, -0.2) is 9.48 Å². The van der Waals surface area contributed by atoms with E-state index < -0.39 is 0 Å². The maximum absolute atomic E-state index is 12.9. The van der Waals surface area contributed by atoms with Gasteiger partial charge in [-0.1, -0.05) is 35.3 Å². The smallest absolute Gasteiger partial charge is 0.346 e. The Morgan fingerprint density at radius 1 is 1.17 bits per heavy atom. The SMILES string of the molecule is CC(NC(=O)Cn1nc(-c2ccc(Cl)cc2)n(C2CC2)c1=O)c1cccc(Cl)c1. The van der Waals surface area contributed by atoms with E-state index in [1.165, 1.54) is 4.68 Å². The van der Waals surface area contributed by atoms with Gasteiger partial charge >= 0.3 is 5.69 Å². The fourth-order valence-electron chi connectivity index (χ4n) is 3.26. The third kappa shape index (κ3) is 4.38. The van der Waals surface area contributed by atoms with Crippen LogP contribution >= 0.6 is 23.2 Å². The van der Waals surface area contributed by atoms with E-state index in [2.05, 4.69) is 10.4 Å². The minimum Gasteiger partial charge on any atom is -0.348 e. The molecule has 1 heterocycles. The molecule has 0 aliphatic heterocycles. The van der Waals surface area contributed by atoms with Gasteiger partial charge in [0.2, 0.25) is 5.91 Å². The number of halogens is 2. The van der Waals surface area contributed by atoms with Crippen molar-refractivity contribution in [3.8, 4) is 11.4 Å². The Balaban J connectivity index is 1.55. The fourth-order valence-corrected chi connectivity index (χ4v) is 3.59. The Labute approximate surface area is 178 Å². The molecule has 0 saturated heterocycles. The van der Waals surface area contributed by atoms with Crippen LogP contribution in [0, 0.1) is 0 Å². The molecular formula is C21H20Cl2N4O2. The number of carbonyl (C=O) groups is 1. The van der Waals surface area contributed by atoms with Gasteiger partial charge in [0.1, 0.15) is 6.54 Å². The summed E-state index contributed by atoms with van der Waals surface area (Å²) in [6.45, 7) is 1.72. The van der Waals surface area contributed by atoms with Crippen LogP contribution in [-0.4, -0.2) is 20.3 Å². The number of hydrogen-bond acceptors (Lipinski definition) is 3. The van der Waals surface area contributed by atoms with Gasteiger partial charge in [0, 0.05) is 21.7 Å². The number of carbonyl (C=O) groups excluding carboxylic acids is 1. The van der Waals surface area contributed by atoms with Crippen molar-refractivity contribution < 1.29 is 4.79 Å². The van der Waals surface area contributed by atoms with Crippen molar-refractivity contribution in [1.29, 1.82) is 0 Å². The maximum atomic E-state index is 12.9. The Bertz CT molecular complexity index is 1100. The number of rotatable bonds is 6. The van der Waals surface area contributed by atoms with Gasteiger partial charge in [0.05, 0.1) is 6.04 Å². The molecule has 0 bridgehead atoms. The first kappa shape index (κ1) is 19.7. The number of aromatic nitrogens is 3. The van der Waals surface area contributed by atoms with Gasteiger partial charge in [-0.3, -0.25) is 9.36 Å². The topological polar surface area (TPSA) is 68.9 Å². The summed E-state index contributed by atoms with van der Waals surface area (Å²) in [5.41, 5.74) is 1.41. The lowest BCUT2D eigenvalue weighted by molar-refractivity contribution is -0.122. The van der Waals surface area contributed by atoms with Crippen molar-refractivity contribution in [2.75, 3.05) is 0 Å². The van der Waals surface area contributed by atoms with Crippen LogP contribution < -0.4 is 11.0 Å². The molecule has 1 fully saturated rings. The Morgan fingerprint density at radius 2 is 1.90 bits per heavy atom. The van der Waals surface area contributed by atoms with E-state index in [0.717, 1.165) is 24.0 Å². The second-order valence-electron chi connectivity index (χ2n) is 7.22. The second-order valence-corrected chi connectivity index (χ2v) is 8.09. The monoisotopic (exact) mass is 430 g/mol. The summed E-state index contributed by atoms with van der Waals surface area (Å²) in [7, 11) is 0. The zero-order chi connectivity index (χ0) is 20.5. The van der Waals surface area contributed by atoms with E-state index in [9.17, 15) is 9.59 Å². The summed E-state index contributed by atoms with van der Waals surface area (Å²) in [5.74, 6) is 0.271. The molecule has 29 heavy (non-hydrogen) atoms. The molecule has 1 aromatic heterocycles. The average Bonchev–Trinajstić information content (AvgIpc) is 3.47. The molecule has 1 atom stereocenters. The van der Waals surface area contributed by atoms with Crippen LogP contribution in [0.2, 0.25) is 10.0 Å². The lowest BCUT2D eigenvalue weighted by atomic mass is 10.1. The Kier molecular flexibility index (Phi) is 5.48. The molecule has 150 valence electrons. The summed E-state index contributed by atoms with van der Waals surface area (Å²) >= 11 is 12.0. The zero-order valence-corrected chi connectivity index (χ0v) is 17.3. The quantitative estimate of drug-likeness (QED) is 0.635. The van der Waals surface area contributed by atoms with E-state index in [4.69, 9.17) is 23.2 Å². The molecule has 2 aromatic carbocycles. The van der Waals surface area contributed by atoms with Crippen molar-refractivity contribution in [1.82, 2.24) is 19.7 Å². The highest BCUT2D eigenvalue weighted by Crippen LogP contribution is 2.36. The van der Waals surface area contributed by atoms with Crippen molar-refractivity contribution in [3.63, 3.8) is 0 Å². The van der Waals surface area contributed by atoms with Gasteiger partial charge in [0.15, 0.2) is 5.82 Å². The van der Waals surface area contributed by atoms with E-state index in [1.807, 2.05) is 31.2 Å². The first-order valence-electron chi connectivity index (χ1n) is 9.42. The average molecular weight is 431 g/mol. The third-order valence-corrected chi connectivity index (χ3v) is 5.39. The van der Waals surface area contributed by atoms with Crippen LogP contribution in [0.5, 0.6) is 0 Å². The molecule has 1 unspecified atom stereocenters. The normalized spacial score (nSPS) is 14.6. The van der Waals surface area contributed by atoms with E-state index in [1.54, 1.807) is 28.8 Å². The highest BCUT2D eigenvalue weighted by atomic mass is 35.5. The minimum atomic E-state index is -0.289. The molecular weight excluding hydrogens is 411 g/mol. The van der Waals surface area contributed by atoms with Crippen LogP contribution in [0.4, 0.5) is 0 Å². The van der Waals surface area contributed by atoms with Crippen LogP contribution in [-0.2, 0) is 11.3 Å². The van der Waals surface area contributed by atoms with Gasteiger partial charge < -0.3 is 5.32 Å². The first-order valence-corrected chi connectivity index (χ1v) is 10.2. The van der Waals surface area contributed by atoms with E-state index in [0.29, 0.717) is 15.9 Å². The second kappa shape index (κ2) is 8.05. The predicted octanol–water partition coefficient (Wildman–Crippen LogP) is 4.23. The number of benzene rings is 2. The van der Waals surface area contributed by atoms with Crippen molar-refractivity contribution >= 4 is 29.1 Å². The molecule has 6 nitrogen and oxygen atoms in total. The van der Waals surface area contributed by atoms with Gasteiger partial charge in [-0.2, -0.15) is 0 Å². The van der Waals surface area contributed by atoms with Gasteiger partial charge in [0.25, 0.3) is 0 Å². The Morgan fingerprint density at radius 3 is 2.55 bits per heavy atom. The summed E-state index contributed by atoms with van der Waals surface area (Å²) in [4.78, 5) is 25.4. The van der Waals surface area contributed by atoms with Crippen molar-refractivity contribution in [3.05, 3.63) is 74.6 Å². The molecule has 0 radical (unpaired) electrons. The summed E-state index contributed by atoms with van der Waals surface area (Å²) in [6.07, 6.45) is 1.87. The fraction of sp³-hybridized carbons (Fsp3) is 0.286. The molecule has 3 aromatic rings. The first-order chi connectivity index (χ1) is 13.9. The standard InChI is InChI=1S/C21H20Cl2N4O2/c1-13(15-3-2-4-17(23)11-15)24-19(28)12-26-21(29)27(18-9-10-18)20(25-26)14-5-7-16(22)8-6-14/h2-8,11,13,18H,9-10,12H2,1H3,(H,24,28). The van der Waals surface area contributed by atoms with Crippen LogP contribution in [0.15, 0.2) is 53.3 Å². The highest BCUT2D eigenvalue weighted by Gasteiger charge is 2.30.